The monoisotopic (exact) mass is 500 g/mol. The van der Waals surface area contributed by atoms with Crippen LogP contribution in [0.25, 0.3) is 0 Å². The highest BCUT2D eigenvalue weighted by atomic mass is 35.5. The van der Waals surface area contributed by atoms with E-state index in [1.165, 1.54) is 0 Å². The number of benzene rings is 3. The Kier molecular flexibility index (Phi) is 8.23. The molecular formula is C26H29ClN2O4S. The first-order valence-electron chi connectivity index (χ1n) is 10.9. The third-order valence-electron chi connectivity index (χ3n) is 5.08. The summed E-state index contributed by atoms with van der Waals surface area (Å²) in [5.41, 5.74) is 2.83. The van der Waals surface area contributed by atoms with Crippen LogP contribution in [0.2, 0.25) is 5.02 Å². The van der Waals surface area contributed by atoms with Crippen LogP contribution in [0.3, 0.4) is 0 Å². The number of hydrogen-bond donors (Lipinski definition) is 1. The Morgan fingerprint density at radius 1 is 1.03 bits per heavy atom. The lowest BCUT2D eigenvalue weighted by Crippen LogP contribution is -2.41. The fourth-order valence-electron chi connectivity index (χ4n) is 3.42. The minimum absolute atomic E-state index is 0.0352. The number of rotatable bonds is 9. The number of anilines is 1. The van der Waals surface area contributed by atoms with E-state index in [0.717, 1.165) is 15.4 Å². The second-order valence-electron chi connectivity index (χ2n) is 8.35. The van der Waals surface area contributed by atoms with Crippen molar-refractivity contribution in [2.45, 2.75) is 45.2 Å². The summed E-state index contributed by atoms with van der Waals surface area (Å²) in [6.07, 6.45) is 0.0352. The molecule has 0 aliphatic rings. The molecule has 0 aliphatic heterocycles. The van der Waals surface area contributed by atoms with Gasteiger partial charge in [-0.25, -0.2) is 8.42 Å². The molecule has 180 valence electrons. The van der Waals surface area contributed by atoms with E-state index in [4.69, 9.17) is 16.3 Å². The Morgan fingerprint density at radius 2 is 1.74 bits per heavy atom. The van der Waals surface area contributed by atoms with Crippen molar-refractivity contribution in [1.29, 1.82) is 0 Å². The van der Waals surface area contributed by atoms with Crippen LogP contribution in [-0.2, 0) is 21.4 Å². The van der Waals surface area contributed by atoms with E-state index in [9.17, 15) is 13.2 Å². The smallest absolute Gasteiger partial charge is 0.264 e. The van der Waals surface area contributed by atoms with Gasteiger partial charge in [-0.1, -0.05) is 41.4 Å². The van der Waals surface area contributed by atoms with Crippen LogP contribution in [0.15, 0.2) is 71.6 Å². The summed E-state index contributed by atoms with van der Waals surface area (Å²) in [5, 5.41) is 3.30. The number of aryl methyl sites for hydroxylation is 2. The lowest BCUT2D eigenvalue weighted by atomic mass is 10.2. The molecule has 34 heavy (non-hydrogen) atoms. The molecule has 0 radical (unpaired) electrons. The molecular weight excluding hydrogens is 472 g/mol. The molecule has 1 amide bonds. The Morgan fingerprint density at radius 3 is 2.38 bits per heavy atom. The number of nitrogens with zero attached hydrogens (tertiary/aromatic N) is 1. The summed E-state index contributed by atoms with van der Waals surface area (Å²) in [6, 6.07) is 18.9. The number of ether oxygens (including phenoxy) is 1. The molecule has 0 aromatic heterocycles. The maximum absolute atomic E-state index is 13.5. The normalized spacial score (nSPS) is 11.4. The van der Waals surface area contributed by atoms with Gasteiger partial charge in [0.25, 0.3) is 10.0 Å². The maximum Gasteiger partial charge on any atom is 0.264 e. The van der Waals surface area contributed by atoms with Gasteiger partial charge in [-0.2, -0.15) is 0 Å². The summed E-state index contributed by atoms with van der Waals surface area (Å²) < 4.78 is 33.9. The van der Waals surface area contributed by atoms with Crippen LogP contribution in [0, 0.1) is 13.8 Å². The highest BCUT2D eigenvalue weighted by molar-refractivity contribution is 7.92. The fraction of sp³-hybridized carbons (Fsp3) is 0.269. The molecule has 8 heteroatoms. The summed E-state index contributed by atoms with van der Waals surface area (Å²) in [6.45, 7) is 7.39. The van der Waals surface area contributed by atoms with Crippen molar-refractivity contribution in [3.8, 4) is 5.75 Å². The van der Waals surface area contributed by atoms with Crippen molar-refractivity contribution in [3.05, 3.63) is 88.4 Å². The van der Waals surface area contributed by atoms with E-state index in [2.05, 4.69) is 5.32 Å². The molecule has 0 saturated heterocycles. The van der Waals surface area contributed by atoms with Gasteiger partial charge < -0.3 is 10.1 Å². The molecule has 0 fully saturated rings. The Hall–Kier alpha value is -3.03. The molecule has 0 spiro atoms. The van der Waals surface area contributed by atoms with Gasteiger partial charge in [-0.05, 0) is 81.3 Å². The van der Waals surface area contributed by atoms with Crippen LogP contribution in [0.5, 0.6) is 5.75 Å². The number of carbonyl (C=O) groups is 1. The number of carbonyl (C=O) groups excluding carboxylic acids is 1. The predicted octanol–water partition coefficient (Wildman–Crippen LogP) is 5.26. The van der Waals surface area contributed by atoms with E-state index in [1.807, 2.05) is 45.0 Å². The first-order valence-corrected chi connectivity index (χ1v) is 12.8. The van der Waals surface area contributed by atoms with Gasteiger partial charge >= 0.3 is 0 Å². The van der Waals surface area contributed by atoms with Gasteiger partial charge in [0, 0.05) is 11.6 Å². The van der Waals surface area contributed by atoms with Crippen molar-refractivity contribution >= 4 is 33.2 Å². The third-order valence-corrected chi connectivity index (χ3v) is 7.09. The summed E-state index contributed by atoms with van der Waals surface area (Å²) in [5.74, 6) is 0.280. The molecule has 3 aromatic rings. The fourth-order valence-corrected chi connectivity index (χ4v) is 5.14. The number of amides is 1. The van der Waals surface area contributed by atoms with Gasteiger partial charge in [0.05, 0.1) is 16.7 Å². The lowest BCUT2D eigenvalue weighted by Gasteiger charge is -2.26. The Balaban J connectivity index is 1.84. The van der Waals surface area contributed by atoms with Gasteiger partial charge in [0.1, 0.15) is 12.3 Å². The largest absolute Gasteiger partial charge is 0.491 e. The van der Waals surface area contributed by atoms with E-state index in [-0.39, 0.29) is 24.1 Å². The number of hydrogen-bond acceptors (Lipinski definition) is 4. The standard InChI is InChI=1S/C26H29ClN2O4S/c1-18(2)33-23-7-5-6-21(15-23)16-28-26(30)17-29(25-13-10-22(27)14-20(25)4)34(31,32)24-11-8-19(3)9-12-24/h5-15,18H,16-17H2,1-4H3,(H,28,30). The van der Waals surface area contributed by atoms with Gasteiger partial charge in [0.2, 0.25) is 5.91 Å². The summed E-state index contributed by atoms with van der Waals surface area (Å²) in [4.78, 5) is 13.0. The zero-order chi connectivity index (χ0) is 24.9. The van der Waals surface area contributed by atoms with Crippen LogP contribution >= 0.6 is 11.6 Å². The van der Waals surface area contributed by atoms with E-state index in [0.29, 0.717) is 22.0 Å². The van der Waals surface area contributed by atoms with Crippen LogP contribution in [0.4, 0.5) is 5.69 Å². The molecule has 1 N–H and O–H groups in total. The molecule has 3 aromatic carbocycles. The zero-order valence-corrected chi connectivity index (χ0v) is 21.3. The van der Waals surface area contributed by atoms with Crippen molar-refractivity contribution in [3.63, 3.8) is 0 Å². The van der Waals surface area contributed by atoms with Crippen molar-refractivity contribution < 1.29 is 17.9 Å². The highest BCUT2D eigenvalue weighted by Gasteiger charge is 2.28. The molecule has 0 bridgehead atoms. The second kappa shape index (κ2) is 10.9. The number of sulfonamides is 1. The molecule has 0 unspecified atom stereocenters. The van der Waals surface area contributed by atoms with Gasteiger partial charge in [-0.3, -0.25) is 9.10 Å². The van der Waals surface area contributed by atoms with Crippen LogP contribution in [0.1, 0.15) is 30.5 Å². The van der Waals surface area contributed by atoms with Gasteiger partial charge in [0.15, 0.2) is 0 Å². The number of nitrogens with one attached hydrogen (secondary N) is 1. The molecule has 0 aliphatic carbocycles. The van der Waals surface area contributed by atoms with Gasteiger partial charge in [-0.15, -0.1) is 0 Å². The molecule has 6 nitrogen and oxygen atoms in total. The third kappa shape index (κ3) is 6.52. The van der Waals surface area contributed by atoms with Crippen LogP contribution in [-0.4, -0.2) is 27.0 Å². The molecule has 0 atom stereocenters. The van der Waals surface area contributed by atoms with Crippen molar-refractivity contribution in [1.82, 2.24) is 5.32 Å². The van der Waals surface area contributed by atoms with Crippen molar-refractivity contribution in [2.24, 2.45) is 0 Å². The molecule has 0 saturated carbocycles. The molecule has 3 rings (SSSR count). The first kappa shape index (κ1) is 25.6. The average molecular weight is 501 g/mol. The Labute approximate surface area is 206 Å². The highest BCUT2D eigenvalue weighted by Crippen LogP contribution is 2.29. The van der Waals surface area contributed by atoms with E-state index >= 15 is 0 Å². The van der Waals surface area contributed by atoms with Crippen LogP contribution < -0.4 is 14.4 Å². The number of halogens is 1. The first-order chi connectivity index (χ1) is 16.1. The van der Waals surface area contributed by atoms with E-state index in [1.54, 1.807) is 49.4 Å². The summed E-state index contributed by atoms with van der Waals surface area (Å²) >= 11 is 6.08. The zero-order valence-electron chi connectivity index (χ0n) is 19.7. The second-order valence-corrected chi connectivity index (χ2v) is 10.6. The molecule has 0 heterocycles. The maximum atomic E-state index is 13.5. The minimum atomic E-state index is -4.00. The predicted molar refractivity (Wildman–Crippen MR) is 136 cm³/mol. The Bertz CT molecular complexity index is 1260. The average Bonchev–Trinajstić information content (AvgIpc) is 2.76. The minimum Gasteiger partial charge on any atom is -0.491 e. The lowest BCUT2D eigenvalue weighted by molar-refractivity contribution is -0.119. The SMILES string of the molecule is Cc1ccc(S(=O)(=O)N(CC(=O)NCc2cccc(OC(C)C)c2)c2ccc(Cl)cc2C)cc1. The van der Waals surface area contributed by atoms with E-state index < -0.39 is 15.9 Å². The topological polar surface area (TPSA) is 75.7 Å². The summed E-state index contributed by atoms with van der Waals surface area (Å²) in [7, 11) is -4.00. The van der Waals surface area contributed by atoms with Crippen molar-refractivity contribution in [2.75, 3.05) is 10.8 Å². The quantitative estimate of drug-likeness (QED) is 0.435.